The van der Waals surface area contributed by atoms with Crippen molar-refractivity contribution in [1.29, 1.82) is 0 Å². The first kappa shape index (κ1) is 14.1. The average molecular weight is 258 g/mol. The van der Waals surface area contributed by atoms with Gasteiger partial charge in [-0.2, -0.15) is 0 Å². The van der Waals surface area contributed by atoms with Crippen LogP contribution in [0.25, 0.3) is 0 Å². The number of ether oxygens (including phenoxy) is 1. The van der Waals surface area contributed by atoms with Gasteiger partial charge in [0.2, 0.25) is 10.0 Å². The van der Waals surface area contributed by atoms with Gasteiger partial charge in [-0.1, -0.05) is 12.1 Å². The van der Waals surface area contributed by atoms with Crippen LogP contribution in [0.2, 0.25) is 0 Å². The summed E-state index contributed by atoms with van der Waals surface area (Å²) in [7, 11) is -1.92. The molecule has 6 heteroatoms. The number of rotatable bonds is 6. The number of nitrogens with one attached hydrogen (secondary N) is 1. The third-order valence-electron chi connectivity index (χ3n) is 2.43. The molecular formula is C11H18N2O3S. The second-order valence-electron chi connectivity index (χ2n) is 3.75. The molecule has 0 aliphatic heterocycles. The lowest BCUT2D eigenvalue weighted by Gasteiger charge is -2.11. The van der Waals surface area contributed by atoms with Crippen molar-refractivity contribution in [2.75, 3.05) is 13.7 Å². The minimum Gasteiger partial charge on any atom is -0.380 e. The largest absolute Gasteiger partial charge is 0.380 e. The highest BCUT2D eigenvalue weighted by Crippen LogP contribution is 2.10. The first-order chi connectivity index (χ1) is 7.99. The van der Waals surface area contributed by atoms with Gasteiger partial charge in [0.25, 0.3) is 0 Å². The predicted octanol–water partition coefficient (Wildman–Crippen LogP) is 0.459. The molecule has 0 heterocycles. The molecule has 96 valence electrons. The summed E-state index contributed by atoms with van der Waals surface area (Å²) < 4.78 is 31.2. The van der Waals surface area contributed by atoms with Crippen molar-refractivity contribution in [2.24, 2.45) is 5.73 Å². The highest BCUT2D eigenvalue weighted by molar-refractivity contribution is 7.89. The minimum absolute atomic E-state index is 0.159. The molecule has 0 fully saturated rings. The molecule has 5 nitrogen and oxygen atoms in total. The van der Waals surface area contributed by atoms with Crippen LogP contribution in [0.3, 0.4) is 0 Å². The van der Waals surface area contributed by atoms with E-state index in [0.29, 0.717) is 6.54 Å². The van der Waals surface area contributed by atoms with Gasteiger partial charge in [-0.3, -0.25) is 0 Å². The topological polar surface area (TPSA) is 81.4 Å². The number of hydrogen-bond donors (Lipinski definition) is 2. The second kappa shape index (κ2) is 6.11. The summed E-state index contributed by atoms with van der Waals surface area (Å²) in [6, 6.07) is 6.49. The number of hydrogen-bond acceptors (Lipinski definition) is 4. The molecule has 1 rings (SSSR count). The summed E-state index contributed by atoms with van der Waals surface area (Å²) in [5.41, 5.74) is 6.34. The van der Waals surface area contributed by atoms with Crippen molar-refractivity contribution < 1.29 is 13.2 Å². The van der Waals surface area contributed by atoms with E-state index in [1.54, 1.807) is 31.2 Å². The first-order valence-corrected chi connectivity index (χ1v) is 6.79. The number of nitrogens with two attached hydrogens (primary N) is 1. The van der Waals surface area contributed by atoms with E-state index in [9.17, 15) is 8.42 Å². The second-order valence-corrected chi connectivity index (χ2v) is 5.51. The van der Waals surface area contributed by atoms with Gasteiger partial charge >= 0.3 is 0 Å². The zero-order valence-corrected chi connectivity index (χ0v) is 10.8. The molecule has 0 saturated carbocycles. The fourth-order valence-electron chi connectivity index (χ4n) is 1.20. The van der Waals surface area contributed by atoms with Crippen LogP contribution in [-0.4, -0.2) is 28.2 Å². The molecule has 0 amide bonds. The van der Waals surface area contributed by atoms with E-state index in [1.807, 2.05) is 0 Å². The maximum Gasteiger partial charge on any atom is 0.240 e. The molecule has 17 heavy (non-hydrogen) atoms. The lowest BCUT2D eigenvalue weighted by molar-refractivity contribution is 0.122. The van der Waals surface area contributed by atoms with Crippen LogP contribution >= 0.6 is 0 Å². The van der Waals surface area contributed by atoms with Gasteiger partial charge in [0, 0.05) is 20.2 Å². The minimum atomic E-state index is -3.46. The summed E-state index contributed by atoms with van der Waals surface area (Å²) in [5, 5.41) is 0. The zero-order valence-electron chi connectivity index (χ0n) is 10.0. The Morgan fingerprint density at radius 2 is 1.94 bits per heavy atom. The molecule has 1 unspecified atom stereocenters. The van der Waals surface area contributed by atoms with Crippen LogP contribution in [0.1, 0.15) is 12.5 Å². The quantitative estimate of drug-likeness (QED) is 0.776. The molecule has 1 atom stereocenters. The molecule has 0 radical (unpaired) electrons. The van der Waals surface area contributed by atoms with Crippen molar-refractivity contribution in [3.8, 4) is 0 Å². The van der Waals surface area contributed by atoms with E-state index in [1.165, 1.54) is 7.11 Å². The monoisotopic (exact) mass is 258 g/mol. The average Bonchev–Trinajstić information content (AvgIpc) is 2.36. The van der Waals surface area contributed by atoms with E-state index in [-0.39, 0.29) is 17.5 Å². The van der Waals surface area contributed by atoms with Crippen molar-refractivity contribution in [3.63, 3.8) is 0 Å². The first-order valence-electron chi connectivity index (χ1n) is 5.31. The van der Waals surface area contributed by atoms with Crippen LogP contribution in [0.15, 0.2) is 29.2 Å². The molecule has 0 spiro atoms. The number of benzene rings is 1. The highest BCUT2D eigenvalue weighted by atomic mass is 32.2. The molecular weight excluding hydrogens is 240 g/mol. The number of methoxy groups -OCH3 is 1. The summed E-state index contributed by atoms with van der Waals surface area (Å²) >= 11 is 0. The normalized spacial score (nSPS) is 13.6. The smallest absolute Gasteiger partial charge is 0.240 e. The molecule has 0 saturated heterocycles. The molecule has 0 aromatic heterocycles. The van der Waals surface area contributed by atoms with E-state index in [0.717, 1.165) is 5.56 Å². The summed E-state index contributed by atoms with van der Waals surface area (Å²) in [6.07, 6.45) is -0.159. The maximum atomic E-state index is 11.9. The summed E-state index contributed by atoms with van der Waals surface area (Å²) in [5.74, 6) is 0. The van der Waals surface area contributed by atoms with Gasteiger partial charge in [-0.15, -0.1) is 0 Å². The van der Waals surface area contributed by atoms with Crippen molar-refractivity contribution in [1.82, 2.24) is 4.72 Å². The Bertz CT molecular complexity index is 442. The van der Waals surface area contributed by atoms with Crippen LogP contribution in [-0.2, 0) is 21.3 Å². The third-order valence-corrected chi connectivity index (χ3v) is 3.87. The number of sulfonamides is 1. The van der Waals surface area contributed by atoms with Gasteiger partial charge in [-0.05, 0) is 24.6 Å². The molecule has 0 bridgehead atoms. The highest BCUT2D eigenvalue weighted by Gasteiger charge is 2.14. The SMILES string of the molecule is COC(C)CNS(=O)(=O)c1ccc(CN)cc1. The third kappa shape index (κ3) is 4.08. The fourth-order valence-corrected chi connectivity index (χ4v) is 2.31. The van der Waals surface area contributed by atoms with Crippen LogP contribution in [0, 0.1) is 0 Å². The Morgan fingerprint density at radius 1 is 1.35 bits per heavy atom. The Hall–Kier alpha value is -0.950. The fraction of sp³-hybridized carbons (Fsp3) is 0.455. The molecule has 0 aliphatic rings. The molecule has 0 aliphatic carbocycles. The Morgan fingerprint density at radius 3 is 2.41 bits per heavy atom. The van der Waals surface area contributed by atoms with Crippen LogP contribution < -0.4 is 10.5 Å². The zero-order chi connectivity index (χ0) is 12.9. The van der Waals surface area contributed by atoms with E-state index >= 15 is 0 Å². The summed E-state index contributed by atoms with van der Waals surface area (Å²) in [4.78, 5) is 0.234. The Labute approximate surface area is 102 Å². The summed E-state index contributed by atoms with van der Waals surface area (Å²) in [6.45, 7) is 2.44. The van der Waals surface area contributed by atoms with E-state index < -0.39 is 10.0 Å². The Balaban J connectivity index is 2.75. The van der Waals surface area contributed by atoms with Gasteiger partial charge < -0.3 is 10.5 Å². The van der Waals surface area contributed by atoms with Gasteiger partial charge in [-0.25, -0.2) is 13.1 Å². The van der Waals surface area contributed by atoms with Crippen LogP contribution in [0.5, 0.6) is 0 Å². The van der Waals surface area contributed by atoms with E-state index in [4.69, 9.17) is 10.5 Å². The van der Waals surface area contributed by atoms with Crippen molar-refractivity contribution in [2.45, 2.75) is 24.5 Å². The Kier molecular flexibility index (Phi) is 5.07. The van der Waals surface area contributed by atoms with Gasteiger partial charge in [0.05, 0.1) is 11.0 Å². The lowest BCUT2D eigenvalue weighted by atomic mass is 10.2. The molecule has 1 aromatic rings. The lowest BCUT2D eigenvalue weighted by Crippen LogP contribution is -2.31. The maximum absolute atomic E-state index is 11.9. The standard InChI is InChI=1S/C11H18N2O3S/c1-9(16-2)8-13-17(14,15)11-5-3-10(7-12)4-6-11/h3-6,9,13H,7-8,12H2,1-2H3. The molecule has 1 aromatic carbocycles. The van der Waals surface area contributed by atoms with Gasteiger partial charge in [0.15, 0.2) is 0 Å². The van der Waals surface area contributed by atoms with Crippen LogP contribution in [0.4, 0.5) is 0 Å². The van der Waals surface area contributed by atoms with E-state index in [2.05, 4.69) is 4.72 Å². The predicted molar refractivity (Wildman–Crippen MR) is 66.0 cm³/mol. The molecule has 3 N–H and O–H groups in total. The van der Waals surface area contributed by atoms with Gasteiger partial charge in [0.1, 0.15) is 0 Å². The van der Waals surface area contributed by atoms with Crippen molar-refractivity contribution >= 4 is 10.0 Å². The van der Waals surface area contributed by atoms with Crippen molar-refractivity contribution in [3.05, 3.63) is 29.8 Å².